The minimum atomic E-state index is -1.77. The molecule has 89 heavy (non-hydrogen) atoms. The Kier molecular flexibility index (Phi) is 29.4. The van der Waals surface area contributed by atoms with E-state index < -0.39 is 58.9 Å². The SMILES string of the molecule is C#Cc1ccc([C@@H](CC)OC2CCCCO2)cc1.CC[C@@H](OC1CCCCO1)c1ccc(C#Cc2ccc(C(=O)N(C)[C@](C)(C(=O)COC3CCCCO3)C(=O)NC)cc2)cc1.CNC(=O)[C@@](C)(C(=O)COC1CCCCO1)N(C)C(=O)c1ccc(I)cc1. The second-order valence-corrected chi connectivity index (χ2v) is 23.7. The summed E-state index contributed by atoms with van der Waals surface area (Å²) in [5, 5.41) is 4.99. The van der Waals surface area contributed by atoms with Crippen LogP contribution in [-0.4, -0.2) is 149 Å². The number of carbonyl (C=O) groups excluding carboxylic acids is 6. The molecule has 4 fully saturated rings. The fourth-order valence-electron chi connectivity index (χ4n) is 10.3. The van der Waals surface area contributed by atoms with Crippen LogP contribution in [0.2, 0.25) is 0 Å². The number of halogens is 1. The summed E-state index contributed by atoms with van der Waals surface area (Å²) in [5.41, 5.74) is 2.02. The summed E-state index contributed by atoms with van der Waals surface area (Å²) in [6.45, 7) is 9.18. The van der Waals surface area contributed by atoms with Crippen molar-refractivity contribution in [1.29, 1.82) is 0 Å². The van der Waals surface area contributed by atoms with E-state index in [0.717, 1.165) is 115 Å². The molecule has 0 radical (unpaired) electrons. The summed E-state index contributed by atoms with van der Waals surface area (Å²) in [6.07, 6.45) is 17.8. The first-order valence-electron chi connectivity index (χ1n) is 31.0. The van der Waals surface area contributed by atoms with E-state index in [1.54, 1.807) is 48.5 Å². The topological polar surface area (TPSA) is 207 Å². The van der Waals surface area contributed by atoms with Crippen molar-refractivity contribution in [2.75, 3.05) is 67.8 Å². The summed E-state index contributed by atoms with van der Waals surface area (Å²) < 4.78 is 46.7. The van der Waals surface area contributed by atoms with Crippen LogP contribution in [0.3, 0.4) is 0 Å². The third kappa shape index (κ3) is 20.6. The molecule has 480 valence electrons. The van der Waals surface area contributed by atoms with Gasteiger partial charge in [0.05, 0.1) is 12.2 Å². The van der Waals surface area contributed by atoms with Crippen molar-refractivity contribution in [3.63, 3.8) is 0 Å². The van der Waals surface area contributed by atoms with Gasteiger partial charge in [0, 0.05) is 86.0 Å². The van der Waals surface area contributed by atoms with Gasteiger partial charge in [-0.2, -0.15) is 0 Å². The van der Waals surface area contributed by atoms with E-state index in [2.05, 4.69) is 64.8 Å². The molecule has 4 aromatic rings. The molecule has 0 saturated carbocycles. The van der Waals surface area contributed by atoms with Crippen molar-refractivity contribution >= 4 is 57.8 Å². The predicted octanol–water partition coefficient (Wildman–Crippen LogP) is 10.4. The number of hydrogen-bond donors (Lipinski definition) is 2. The Bertz CT molecular complexity index is 3010. The zero-order valence-corrected chi connectivity index (χ0v) is 55.1. The molecule has 4 aliphatic rings. The van der Waals surface area contributed by atoms with Gasteiger partial charge in [-0.3, -0.25) is 28.8 Å². The Morgan fingerprint density at radius 3 is 1.17 bits per heavy atom. The molecule has 8 rings (SSSR count). The van der Waals surface area contributed by atoms with Crippen LogP contribution in [0.1, 0.15) is 178 Å². The van der Waals surface area contributed by atoms with Crippen LogP contribution >= 0.6 is 22.6 Å². The lowest BCUT2D eigenvalue weighted by Crippen LogP contribution is -2.62. The molecular weight excluding hydrogens is 1250 g/mol. The fraction of sp³-hybridized carbons (Fsp3) is 0.514. The lowest BCUT2D eigenvalue weighted by Gasteiger charge is -2.36. The number of ketones is 2. The molecule has 0 bridgehead atoms. The highest BCUT2D eigenvalue weighted by atomic mass is 127. The monoisotopic (exact) mass is 1340 g/mol. The number of Topliss-reactive ketones (excluding diaryl/α,β-unsaturated/α-hetero) is 2. The van der Waals surface area contributed by atoms with E-state index >= 15 is 0 Å². The maximum Gasteiger partial charge on any atom is 0.254 e. The quantitative estimate of drug-likeness (QED) is 0.0427. The molecule has 19 heteroatoms. The van der Waals surface area contributed by atoms with E-state index in [-0.39, 0.29) is 38.0 Å². The normalized spacial score (nSPS) is 20.1. The minimum absolute atomic E-state index is 0.0256. The molecule has 4 heterocycles. The van der Waals surface area contributed by atoms with Gasteiger partial charge in [0.25, 0.3) is 23.6 Å². The number of terminal acetylenes is 1. The molecule has 0 aliphatic carbocycles. The number of rotatable bonds is 22. The average molecular weight is 1340 g/mol. The van der Waals surface area contributed by atoms with E-state index in [1.165, 1.54) is 58.9 Å². The summed E-state index contributed by atoms with van der Waals surface area (Å²) in [6, 6.07) is 29.8. The second-order valence-electron chi connectivity index (χ2n) is 22.5. The number of likely N-dealkylation sites (N-methyl/N-ethyl adjacent to an activating group) is 4. The zero-order chi connectivity index (χ0) is 64.3. The van der Waals surface area contributed by atoms with Gasteiger partial charge in [0.15, 0.2) is 47.8 Å². The highest BCUT2D eigenvalue weighted by molar-refractivity contribution is 14.1. The highest BCUT2D eigenvalue weighted by Crippen LogP contribution is 2.30. The van der Waals surface area contributed by atoms with E-state index in [1.807, 2.05) is 48.5 Å². The van der Waals surface area contributed by atoms with Gasteiger partial charge in [-0.15, -0.1) is 6.42 Å². The maximum absolute atomic E-state index is 13.4. The molecule has 4 aromatic carbocycles. The van der Waals surface area contributed by atoms with Crippen LogP contribution in [0.25, 0.3) is 0 Å². The number of ether oxygens (including phenoxy) is 8. The lowest BCUT2D eigenvalue weighted by molar-refractivity contribution is -0.190. The Morgan fingerprint density at radius 2 is 0.854 bits per heavy atom. The van der Waals surface area contributed by atoms with E-state index in [4.69, 9.17) is 44.3 Å². The number of nitrogens with zero attached hydrogens (tertiary/aromatic N) is 2. The van der Waals surface area contributed by atoms with Gasteiger partial charge >= 0.3 is 0 Å². The van der Waals surface area contributed by atoms with Crippen molar-refractivity contribution < 1.29 is 66.7 Å². The first-order chi connectivity index (χ1) is 42.9. The molecule has 2 N–H and O–H groups in total. The molecular formula is C70H89IN4O14. The molecule has 0 spiro atoms. The fourth-order valence-corrected chi connectivity index (χ4v) is 10.7. The Labute approximate surface area is 539 Å². The van der Waals surface area contributed by atoms with Crippen molar-refractivity contribution in [2.24, 2.45) is 0 Å². The first-order valence-corrected chi connectivity index (χ1v) is 32.1. The number of carbonyl (C=O) groups is 6. The number of nitrogens with one attached hydrogen (secondary N) is 2. The van der Waals surface area contributed by atoms with Crippen LogP contribution in [0.15, 0.2) is 97.1 Å². The molecule has 4 amide bonds. The van der Waals surface area contributed by atoms with Gasteiger partial charge in [0.1, 0.15) is 13.2 Å². The Hall–Kier alpha value is -6.37. The summed E-state index contributed by atoms with van der Waals surface area (Å²) >= 11 is 2.14. The third-order valence-corrected chi connectivity index (χ3v) is 17.1. The Balaban J connectivity index is 0.000000237. The molecule has 18 nitrogen and oxygen atoms in total. The molecule has 4 unspecified atom stereocenters. The maximum atomic E-state index is 13.4. The van der Waals surface area contributed by atoms with Gasteiger partial charge in [-0.1, -0.05) is 55.9 Å². The van der Waals surface area contributed by atoms with Gasteiger partial charge in [0.2, 0.25) is 0 Å². The Morgan fingerprint density at radius 1 is 0.528 bits per heavy atom. The average Bonchev–Trinajstić information content (AvgIpc) is 1.39. The van der Waals surface area contributed by atoms with Gasteiger partial charge in [-0.25, -0.2) is 0 Å². The van der Waals surface area contributed by atoms with Gasteiger partial charge < -0.3 is 58.3 Å². The molecule has 4 aliphatic heterocycles. The molecule has 0 aromatic heterocycles. The van der Waals surface area contributed by atoms with Crippen molar-refractivity contribution in [1.82, 2.24) is 20.4 Å². The summed E-state index contributed by atoms with van der Waals surface area (Å²) in [7, 11) is 5.76. The summed E-state index contributed by atoms with van der Waals surface area (Å²) in [4.78, 5) is 80.2. The van der Waals surface area contributed by atoms with E-state index in [9.17, 15) is 28.8 Å². The van der Waals surface area contributed by atoms with Crippen LogP contribution in [0.5, 0.6) is 0 Å². The van der Waals surface area contributed by atoms with Crippen LogP contribution in [-0.2, 0) is 57.1 Å². The first kappa shape index (κ1) is 71.7. The van der Waals surface area contributed by atoms with Crippen LogP contribution in [0, 0.1) is 27.8 Å². The number of amides is 4. The van der Waals surface area contributed by atoms with Crippen LogP contribution in [0.4, 0.5) is 0 Å². The third-order valence-electron chi connectivity index (χ3n) is 16.4. The number of hydrogen-bond acceptors (Lipinski definition) is 14. The van der Waals surface area contributed by atoms with E-state index in [0.29, 0.717) is 37.2 Å². The predicted molar refractivity (Wildman–Crippen MR) is 346 cm³/mol. The smallest absolute Gasteiger partial charge is 0.254 e. The second kappa shape index (κ2) is 36.5. The molecule has 8 atom stereocenters. The zero-order valence-electron chi connectivity index (χ0n) is 52.9. The summed E-state index contributed by atoms with van der Waals surface area (Å²) in [5.74, 6) is 5.84. The minimum Gasteiger partial charge on any atom is -0.357 e. The van der Waals surface area contributed by atoms with Gasteiger partial charge in [-0.05, 0) is 210 Å². The standard InChI is InChI=1S/C35H44N2O7.C19H25IN2O5.C16H20O2/c1-5-29(44-32-11-7-9-23-42-32)27-18-14-25(15-19-27)12-13-26-16-20-28(21-17-26)33(39)37(4)35(2,34(40)36-3)30(38)24-43-31-10-6-8-22-41-31;1-19(18(25)21-2,15(23)12-27-16-6-4-5-11-26-16)22(3)17(24)13-7-9-14(20)10-8-13;1-3-13-8-10-14(11-9-13)15(4-2)18-16-7-5-6-12-17-16/h14-21,29,31-32H,5-11,22-24H2,1-4H3,(H,36,40);7-10,16H,4-6,11-12H2,1-3H3,(H,21,25);1,8-11,15-16H,4-7,12H2,2H3/t29-,31?,32?,35-;16?,19-;15-,16?/m111/s1. The molecule has 4 saturated heterocycles. The van der Waals surface area contributed by atoms with Crippen molar-refractivity contribution in [3.8, 4) is 24.2 Å². The number of benzene rings is 4. The highest BCUT2D eigenvalue weighted by Gasteiger charge is 2.48. The largest absolute Gasteiger partial charge is 0.357 e. The van der Waals surface area contributed by atoms with Crippen molar-refractivity contribution in [2.45, 2.75) is 166 Å². The lowest BCUT2D eigenvalue weighted by atomic mass is 9.92. The van der Waals surface area contributed by atoms with Crippen LogP contribution < -0.4 is 10.6 Å². The van der Waals surface area contributed by atoms with Crippen molar-refractivity contribution in [3.05, 3.63) is 140 Å².